The van der Waals surface area contributed by atoms with E-state index in [4.69, 9.17) is 4.74 Å². The molecule has 3 heterocycles. The summed E-state index contributed by atoms with van der Waals surface area (Å²) in [7, 11) is -1.89. The number of para-hydroxylation sites is 1. The van der Waals surface area contributed by atoms with Crippen molar-refractivity contribution in [2.75, 3.05) is 44.7 Å². The largest absolute Gasteiger partial charge is 0.379 e. The van der Waals surface area contributed by atoms with Crippen molar-refractivity contribution in [3.63, 3.8) is 0 Å². The highest BCUT2D eigenvalue weighted by Crippen LogP contribution is 2.24. The second-order valence-corrected chi connectivity index (χ2v) is 10.1. The predicted molar refractivity (Wildman–Crippen MR) is 119 cm³/mol. The number of amides is 1. The van der Waals surface area contributed by atoms with Gasteiger partial charge in [0.05, 0.1) is 13.2 Å². The zero-order valence-electron chi connectivity index (χ0n) is 17.9. The maximum Gasteiger partial charge on any atom is 0.272 e. The summed E-state index contributed by atoms with van der Waals surface area (Å²) in [4.78, 5) is 15.5. The lowest BCUT2D eigenvalue weighted by molar-refractivity contribution is 0.0342. The molecule has 0 spiro atoms. The van der Waals surface area contributed by atoms with Crippen LogP contribution in [0.2, 0.25) is 0 Å². The third kappa shape index (κ3) is 5.01. The first-order valence-corrected chi connectivity index (χ1v) is 12.2. The number of benzene rings is 1. The number of rotatable bonds is 6. The molecular weight excluding hydrogens is 416 g/mol. The zero-order valence-corrected chi connectivity index (χ0v) is 18.7. The third-order valence-corrected chi connectivity index (χ3v) is 7.79. The summed E-state index contributed by atoms with van der Waals surface area (Å²) in [5.41, 5.74) is 2.07. The van der Waals surface area contributed by atoms with Crippen LogP contribution in [-0.2, 0) is 28.4 Å². The molecule has 4 rings (SSSR count). The van der Waals surface area contributed by atoms with Gasteiger partial charge in [0.25, 0.3) is 5.91 Å². The number of nitrogens with one attached hydrogen (secondary N) is 1. The van der Waals surface area contributed by atoms with Crippen molar-refractivity contribution in [3.05, 3.63) is 47.8 Å². The van der Waals surface area contributed by atoms with Crippen LogP contribution in [0.5, 0.6) is 0 Å². The Morgan fingerprint density at radius 3 is 2.52 bits per heavy atom. The van der Waals surface area contributed by atoms with Crippen LogP contribution < -0.4 is 5.32 Å². The monoisotopic (exact) mass is 446 g/mol. The summed E-state index contributed by atoms with van der Waals surface area (Å²) < 4.78 is 34.5. The van der Waals surface area contributed by atoms with Gasteiger partial charge in [-0.2, -0.15) is 4.31 Å². The fraction of sp³-hybridized carbons (Fsp3) is 0.500. The number of aromatic nitrogens is 1. The molecule has 1 aromatic heterocycles. The summed E-state index contributed by atoms with van der Waals surface area (Å²) >= 11 is 0. The van der Waals surface area contributed by atoms with Gasteiger partial charge in [-0.05, 0) is 30.5 Å². The van der Waals surface area contributed by atoms with E-state index in [9.17, 15) is 13.2 Å². The number of hydrogen-bond acceptors (Lipinski definition) is 5. The number of piperidine rings is 1. The molecule has 1 amide bonds. The molecule has 2 aromatic rings. The summed E-state index contributed by atoms with van der Waals surface area (Å²) in [5, 5.41) is 2.98. The van der Waals surface area contributed by atoms with Crippen molar-refractivity contribution in [1.29, 1.82) is 0 Å². The molecule has 1 N–H and O–H groups in total. The van der Waals surface area contributed by atoms with Gasteiger partial charge in [0, 0.05) is 51.7 Å². The fourth-order valence-electron chi connectivity index (χ4n) is 4.12. The molecule has 0 atom stereocenters. The average Bonchev–Trinajstić information content (AvgIpc) is 3.19. The minimum Gasteiger partial charge on any atom is -0.379 e. The zero-order chi connectivity index (χ0) is 21.8. The van der Waals surface area contributed by atoms with E-state index in [1.54, 1.807) is 11.6 Å². The summed E-state index contributed by atoms with van der Waals surface area (Å²) in [5.74, 6) is -0.322. The van der Waals surface area contributed by atoms with Gasteiger partial charge in [-0.1, -0.05) is 24.6 Å². The maximum atomic E-state index is 13.0. The minimum absolute atomic E-state index is 0.170. The molecule has 9 heteroatoms. The van der Waals surface area contributed by atoms with Crippen LogP contribution in [0, 0.1) is 0 Å². The highest BCUT2D eigenvalue weighted by atomic mass is 32.2. The Labute approximate surface area is 183 Å². The van der Waals surface area contributed by atoms with Crippen LogP contribution in [0.25, 0.3) is 0 Å². The second kappa shape index (κ2) is 9.52. The molecule has 1 aromatic carbocycles. The molecular formula is C22H30N4O4S. The van der Waals surface area contributed by atoms with Crippen molar-refractivity contribution < 1.29 is 17.9 Å². The summed E-state index contributed by atoms with van der Waals surface area (Å²) in [6.45, 7) is 4.94. The van der Waals surface area contributed by atoms with Crippen LogP contribution in [0.4, 0.5) is 5.69 Å². The van der Waals surface area contributed by atoms with Gasteiger partial charge in [-0.15, -0.1) is 0 Å². The molecule has 8 nitrogen and oxygen atoms in total. The van der Waals surface area contributed by atoms with Gasteiger partial charge < -0.3 is 14.6 Å². The number of sulfonamides is 1. The lowest BCUT2D eigenvalue weighted by Crippen LogP contribution is -2.35. The van der Waals surface area contributed by atoms with Gasteiger partial charge >= 0.3 is 0 Å². The summed E-state index contributed by atoms with van der Waals surface area (Å²) in [6, 6.07) is 9.20. The molecule has 0 unspecified atom stereocenters. The quantitative estimate of drug-likeness (QED) is 0.736. The van der Waals surface area contributed by atoms with E-state index in [-0.39, 0.29) is 10.8 Å². The Hall–Kier alpha value is -2.20. The molecule has 0 saturated carbocycles. The number of carbonyl (C=O) groups is 1. The van der Waals surface area contributed by atoms with Crippen molar-refractivity contribution >= 4 is 21.6 Å². The number of carbonyl (C=O) groups excluding carboxylic acids is 1. The predicted octanol–water partition coefficient (Wildman–Crippen LogP) is 2.28. The van der Waals surface area contributed by atoms with Gasteiger partial charge in [0.15, 0.2) is 0 Å². The number of hydrogen-bond donors (Lipinski definition) is 1. The third-order valence-electron chi connectivity index (χ3n) is 5.93. The van der Waals surface area contributed by atoms with E-state index < -0.39 is 10.0 Å². The van der Waals surface area contributed by atoms with Crippen LogP contribution in [0.1, 0.15) is 35.3 Å². The molecule has 2 fully saturated rings. The molecule has 168 valence electrons. The first-order valence-electron chi connectivity index (χ1n) is 10.8. The topological polar surface area (TPSA) is 83.9 Å². The van der Waals surface area contributed by atoms with Crippen molar-refractivity contribution in [3.8, 4) is 0 Å². The van der Waals surface area contributed by atoms with Gasteiger partial charge in [-0.3, -0.25) is 9.69 Å². The van der Waals surface area contributed by atoms with Crippen molar-refractivity contribution in [2.24, 2.45) is 7.05 Å². The molecule has 2 aliphatic rings. The van der Waals surface area contributed by atoms with Crippen LogP contribution in [-0.4, -0.2) is 67.5 Å². The normalized spacial score (nSPS) is 18.7. The Morgan fingerprint density at radius 1 is 1.06 bits per heavy atom. The Balaban J connectivity index is 1.51. The molecule has 0 bridgehead atoms. The Bertz CT molecular complexity index is 1020. The SMILES string of the molecule is Cn1cc(S(=O)(=O)N2CCCCC2)cc1C(=O)Nc1ccccc1CN1CCOCC1. The van der Waals surface area contributed by atoms with Gasteiger partial charge in [0.1, 0.15) is 10.6 Å². The minimum atomic E-state index is -3.58. The molecule has 0 aliphatic carbocycles. The van der Waals surface area contributed by atoms with E-state index in [0.29, 0.717) is 32.0 Å². The van der Waals surface area contributed by atoms with Gasteiger partial charge in [0.2, 0.25) is 10.0 Å². The second-order valence-electron chi connectivity index (χ2n) is 8.14. The number of ether oxygens (including phenoxy) is 1. The maximum absolute atomic E-state index is 13.0. The first kappa shape index (κ1) is 22.0. The van der Waals surface area contributed by atoms with Crippen LogP contribution >= 0.6 is 0 Å². The lowest BCUT2D eigenvalue weighted by atomic mass is 10.1. The molecule has 2 saturated heterocycles. The van der Waals surface area contributed by atoms with Crippen LogP contribution in [0.3, 0.4) is 0 Å². The fourth-order valence-corrected chi connectivity index (χ4v) is 5.71. The highest BCUT2D eigenvalue weighted by Gasteiger charge is 2.28. The van der Waals surface area contributed by atoms with E-state index >= 15 is 0 Å². The Kier molecular flexibility index (Phi) is 6.76. The Morgan fingerprint density at radius 2 is 1.77 bits per heavy atom. The molecule has 2 aliphatic heterocycles. The van der Waals surface area contributed by atoms with E-state index in [1.807, 2.05) is 24.3 Å². The van der Waals surface area contributed by atoms with Gasteiger partial charge in [-0.25, -0.2) is 8.42 Å². The average molecular weight is 447 g/mol. The highest BCUT2D eigenvalue weighted by molar-refractivity contribution is 7.89. The van der Waals surface area contributed by atoms with E-state index in [2.05, 4.69) is 10.2 Å². The number of anilines is 1. The van der Waals surface area contributed by atoms with E-state index in [1.165, 1.54) is 16.6 Å². The number of nitrogens with zero attached hydrogens (tertiary/aromatic N) is 3. The summed E-state index contributed by atoms with van der Waals surface area (Å²) in [6.07, 6.45) is 4.33. The molecule has 0 radical (unpaired) electrons. The number of aryl methyl sites for hydroxylation is 1. The van der Waals surface area contributed by atoms with E-state index in [0.717, 1.165) is 50.1 Å². The first-order chi connectivity index (χ1) is 14.9. The van der Waals surface area contributed by atoms with Crippen molar-refractivity contribution in [1.82, 2.24) is 13.8 Å². The lowest BCUT2D eigenvalue weighted by Gasteiger charge is -2.27. The standard InChI is InChI=1S/C22H30N4O4S/c1-24-17-19(31(28,29)26-9-5-2-6-10-26)15-21(24)22(27)23-20-8-4-3-7-18(20)16-25-11-13-30-14-12-25/h3-4,7-8,15,17H,2,5-6,9-14,16H2,1H3,(H,23,27). The smallest absolute Gasteiger partial charge is 0.272 e. The van der Waals surface area contributed by atoms with Crippen molar-refractivity contribution in [2.45, 2.75) is 30.7 Å². The molecule has 31 heavy (non-hydrogen) atoms. The van der Waals surface area contributed by atoms with Crippen LogP contribution in [0.15, 0.2) is 41.4 Å². The number of morpholine rings is 1.